The van der Waals surface area contributed by atoms with Gasteiger partial charge in [-0.2, -0.15) is 0 Å². The lowest BCUT2D eigenvalue weighted by molar-refractivity contribution is -0.120. The largest absolute Gasteiger partial charge is 0.454 e. The Hall–Kier alpha value is -1.84. The molecular formula is C15H22N2O6S. The lowest BCUT2D eigenvalue weighted by atomic mass is 10.2. The van der Waals surface area contributed by atoms with Crippen LogP contribution >= 0.6 is 0 Å². The Labute approximate surface area is 141 Å². The molecule has 1 aromatic carbocycles. The molecule has 1 heterocycles. The number of fused-ring (bicyclic) bond motifs is 1. The van der Waals surface area contributed by atoms with Crippen molar-refractivity contribution >= 4 is 15.9 Å². The van der Waals surface area contributed by atoms with Gasteiger partial charge in [-0.25, -0.2) is 13.1 Å². The SMILES string of the molecule is CCOCCCNC(=O)CNS(=O)(=O)Cc1ccc2c(c1)OCO2. The smallest absolute Gasteiger partial charge is 0.235 e. The third kappa shape index (κ3) is 5.99. The molecule has 0 atom stereocenters. The van der Waals surface area contributed by atoms with Crippen LogP contribution in [0.15, 0.2) is 18.2 Å². The first kappa shape index (κ1) is 18.5. The van der Waals surface area contributed by atoms with E-state index in [4.69, 9.17) is 14.2 Å². The van der Waals surface area contributed by atoms with E-state index in [1.54, 1.807) is 18.2 Å². The van der Waals surface area contributed by atoms with Crippen LogP contribution in [-0.2, 0) is 25.3 Å². The highest BCUT2D eigenvalue weighted by Crippen LogP contribution is 2.32. The number of hydrogen-bond acceptors (Lipinski definition) is 6. The van der Waals surface area contributed by atoms with Crippen LogP contribution in [0.3, 0.4) is 0 Å². The molecule has 0 fully saturated rings. The van der Waals surface area contributed by atoms with E-state index in [-0.39, 0.29) is 25.0 Å². The highest BCUT2D eigenvalue weighted by Gasteiger charge is 2.17. The molecule has 0 saturated carbocycles. The van der Waals surface area contributed by atoms with Crippen molar-refractivity contribution in [3.8, 4) is 11.5 Å². The van der Waals surface area contributed by atoms with E-state index in [9.17, 15) is 13.2 Å². The van der Waals surface area contributed by atoms with Crippen LogP contribution < -0.4 is 19.5 Å². The van der Waals surface area contributed by atoms with Crippen molar-refractivity contribution in [2.45, 2.75) is 19.1 Å². The predicted molar refractivity (Wildman–Crippen MR) is 87.3 cm³/mol. The van der Waals surface area contributed by atoms with E-state index in [1.165, 1.54) is 0 Å². The topological polar surface area (TPSA) is 103 Å². The van der Waals surface area contributed by atoms with Gasteiger partial charge in [-0.3, -0.25) is 4.79 Å². The third-order valence-corrected chi connectivity index (χ3v) is 4.54. The Morgan fingerprint density at radius 2 is 2.08 bits per heavy atom. The molecule has 0 aromatic heterocycles. The van der Waals surface area contributed by atoms with Gasteiger partial charge in [-0.1, -0.05) is 6.07 Å². The summed E-state index contributed by atoms with van der Waals surface area (Å²) in [4.78, 5) is 11.6. The second kappa shape index (κ2) is 8.86. The monoisotopic (exact) mass is 358 g/mol. The van der Waals surface area contributed by atoms with Crippen molar-refractivity contribution in [2.75, 3.05) is 33.1 Å². The second-order valence-corrected chi connectivity index (χ2v) is 6.98. The average molecular weight is 358 g/mol. The average Bonchev–Trinajstić information content (AvgIpc) is 3.00. The number of ether oxygens (including phenoxy) is 3. The molecule has 0 bridgehead atoms. The van der Waals surface area contributed by atoms with Crippen LogP contribution in [0.5, 0.6) is 11.5 Å². The van der Waals surface area contributed by atoms with Gasteiger partial charge < -0.3 is 19.5 Å². The quantitative estimate of drug-likeness (QED) is 0.586. The van der Waals surface area contributed by atoms with Crippen LogP contribution in [0.25, 0.3) is 0 Å². The van der Waals surface area contributed by atoms with Gasteiger partial charge >= 0.3 is 0 Å². The van der Waals surface area contributed by atoms with E-state index >= 15 is 0 Å². The Morgan fingerprint density at radius 1 is 1.29 bits per heavy atom. The van der Waals surface area contributed by atoms with Crippen LogP contribution in [0.2, 0.25) is 0 Å². The molecule has 0 radical (unpaired) electrons. The summed E-state index contributed by atoms with van der Waals surface area (Å²) in [6, 6.07) is 4.94. The van der Waals surface area contributed by atoms with Crippen molar-refractivity contribution in [1.29, 1.82) is 0 Å². The van der Waals surface area contributed by atoms with E-state index in [0.29, 0.717) is 43.2 Å². The van der Waals surface area contributed by atoms with E-state index in [1.807, 2.05) is 6.92 Å². The molecule has 0 aliphatic carbocycles. The fourth-order valence-electron chi connectivity index (χ4n) is 2.09. The predicted octanol–water partition coefficient (Wildman–Crippen LogP) is 0.378. The first-order valence-electron chi connectivity index (χ1n) is 7.70. The molecule has 1 aromatic rings. The number of nitrogens with one attached hydrogen (secondary N) is 2. The molecule has 2 rings (SSSR count). The Morgan fingerprint density at radius 3 is 2.88 bits per heavy atom. The summed E-state index contributed by atoms with van der Waals surface area (Å²) >= 11 is 0. The summed E-state index contributed by atoms with van der Waals surface area (Å²) in [6.07, 6.45) is 0.684. The van der Waals surface area contributed by atoms with Gasteiger partial charge in [-0.05, 0) is 31.0 Å². The highest BCUT2D eigenvalue weighted by molar-refractivity contribution is 7.88. The molecular weight excluding hydrogens is 336 g/mol. The van der Waals surface area contributed by atoms with Gasteiger partial charge in [-0.15, -0.1) is 0 Å². The summed E-state index contributed by atoms with van der Waals surface area (Å²) in [7, 11) is -3.62. The number of carbonyl (C=O) groups is 1. The van der Waals surface area contributed by atoms with Crippen molar-refractivity contribution in [2.24, 2.45) is 0 Å². The molecule has 0 saturated heterocycles. The van der Waals surface area contributed by atoms with Crippen LogP contribution in [0, 0.1) is 0 Å². The van der Waals surface area contributed by atoms with E-state index in [2.05, 4.69) is 10.0 Å². The maximum Gasteiger partial charge on any atom is 0.235 e. The molecule has 1 amide bonds. The van der Waals surface area contributed by atoms with Gasteiger partial charge in [0.25, 0.3) is 0 Å². The molecule has 2 N–H and O–H groups in total. The molecule has 134 valence electrons. The number of amides is 1. The lowest BCUT2D eigenvalue weighted by Gasteiger charge is -2.08. The zero-order valence-electron chi connectivity index (χ0n) is 13.5. The standard InChI is InChI=1S/C15H22N2O6S/c1-2-21-7-3-6-16-15(18)9-17-24(19,20)10-12-4-5-13-14(8-12)23-11-22-13/h4-5,8,17H,2-3,6-7,9-11H2,1H3,(H,16,18). The van der Waals surface area contributed by atoms with Crippen molar-refractivity contribution in [3.05, 3.63) is 23.8 Å². The molecule has 0 spiro atoms. The first-order valence-corrected chi connectivity index (χ1v) is 9.35. The summed E-state index contributed by atoms with van der Waals surface area (Å²) in [6.45, 7) is 3.38. The molecule has 1 aliphatic heterocycles. The number of sulfonamides is 1. The molecule has 0 unspecified atom stereocenters. The van der Waals surface area contributed by atoms with E-state index < -0.39 is 10.0 Å². The number of benzene rings is 1. The minimum atomic E-state index is -3.62. The summed E-state index contributed by atoms with van der Waals surface area (Å²) in [5.41, 5.74) is 0.559. The maximum atomic E-state index is 12.0. The van der Waals surface area contributed by atoms with Gasteiger partial charge in [0.2, 0.25) is 22.7 Å². The first-order chi connectivity index (χ1) is 11.5. The van der Waals surface area contributed by atoms with Crippen LogP contribution in [-0.4, -0.2) is 47.4 Å². The molecule has 24 heavy (non-hydrogen) atoms. The molecule has 1 aliphatic rings. The number of hydrogen-bond donors (Lipinski definition) is 2. The van der Waals surface area contributed by atoms with Gasteiger partial charge in [0.05, 0.1) is 12.3 Å². The second-order valence-electron chi connectivity index (χ2n) is 5.17. The summed E-state index contributed by atoms with van der Waals surface area (Å²) in [5, 5.41) is 2.63. The summed E-state index contributed by atoms with van der Waals surface area (Å²) < 4.78 is 41.9. The number of carbonyl (C=O) groups excluding carboxylic acids is 1. The highest BCUT2D eigenvalue weighted by atomic mass is 32.2. The number of rotatable bonds is 10. The Kier molecular flexibility index (Phi) is 6.83. The minimum Gasteiger partial charge on any atom is -0.454 e. The van der Waals surface area contributed by atoms with E-state index in [0.717, 1.165) is 0 Å². The van der Waals surface area contributed by atoms with Crippen LogP contribution in [0.4, 0.5) is 0 Å². The fraction of sp³-hybridized carbons (Fsp3) is 0.533. The molecule has 8 nitrogen and oxygen atoms in total. The third-order valence-electron chi connectivity index (χ3n) is 3.24. The lowest BCUT2D eigenvalue weighted by Crippen LogP contribution is -2.37. The van der Waals surface area contributed by atoms with Crippen LogP contribution in [0.1, 0.15) is 18.9 Å². The fourth-order valence-corrected chi connectivity index (χ4v) is 3.16. The summed E-state index contributed by atoms with van der Waals surface area (Å²) in [5.74, 6) is 0.507. The van der Waals surface area contributed by atoms with Gasteiger partial charge in [0.1, 0.15) is 0 Å². The zero-order valence-corrected chi connectivity index (χ0v) is 14.4. The Balaban J connectivity index is 1.74. The zero-order chi connectivity index (χ0) is 17.4. The van der Waals surface area contributed by atoms with Crippen molar-refractivity contribution < 1.29 is 27.4 Å². The normalized spacial score (nSPS) is 13.0. The minimum absolute atomic E-state index is 0.132. The molecule has 9 heteroatoms. The van der Waals surface area contributed by atoms with Crippen molar-refractivity contribution in [3.63, 3.8) is 0 Å². The van der Waals surface area contributed by atoms with Gasteiger partial charge in [0, 0.05) is 19.8 Å². The van der Waals surface area contributed by atoms with Crippen molar-refractivity contribution in [1.82, 2.24) is 10.0 Å². The Bertz CT molecular complexity index is 662. The van der Waals surface area contributed by atoms with Gasteiger partial charge in [0.15, 0.2) is 11.5 Å². The maximum absolute atomic E-state index is 12.0.